The molecule has 0 aromatic carbocycles. The van der Waals surface area contributed by atoms with Crippen LogP contribution in [0.15, 0.2) is 0 Å². The van der Waals surface area contributed by atoms with E-state index >= 15 is 0 Å². The van der Waals surface area contributed by atoms with Crippen molar-refractivity contribution in [3.63, 3.8) is 0 Å². The van der Waals surface area contributed by atoms with E-state index in [4.69, 9.17) is 5.11 Å². The van der Waals surface area contributed by atoms with E-state index < -0.39 is 36.5 Å². The Morgan fingerprint density at radius 2 is 1.83 bits per heavy atom. The van der Waals surface area contributed by atoms with Crippen LogP contribution < -0.4 is 5.48 Å². The van der Waals surface area contributed by atoms with Crippen molar-refractivity contribution < 1.29 is 32.7 Å². The lowest BCUT2D eigenvalue weighted by atomic mass is 9.76. The summed E-state index contributed by atoms with van der Waals surface area (Å²) in [5, 5.41) is 9.01. The molecule has 0 aliphatic rings. The fourth-order valence-electron chi connectivity index (χ4n) is 1.09. The predicted octanol–water partition coefficient (Wildman–Crippen LogP) is 1.73. The summed E-state index contributed by atoms with van der Waals surface area (Å²) in [5.74, 6) is -2.45. The summed E-state index contributed by atoms with van der Waals surface area (Å²) < 4.78 is 35.2. The third-order valence-corrected chi connectivity index (χ3v) is 2.71. The third-order valence-electron chi connectivity index (χ3n) is 2.71. The zero-order valence-corrected chi connectivity index (χ0v) is 10.3. The van der Waals surface area contributed by atoms with Crippen LogP contribution in [0.1, 0.15) is 27.2 Å². The molecular formula is C10H16F3NO4. The molecule has 0 aliphatic carbocycles. The van der Waals surface area contributed by atoms with Crippen molar-refractivity contribution in [2.24, 2.45) is 11.3 Å². The second-order valence-electron chi connectivity index (χ2n) is 4.48. The fraction of sp³-hybridized carbons (Fsp3) is 0.800. The SMILES string of the molecule is CC(C)C(C)(CC(=O)NOCC(F)(F)F)C(=O)O. The fourth-order valence-corrected chi connectivity index (χ4v) is 1.09. The number of hydrogen-bond acceptors (Lipinski definition) is 3. The molecule has 18 heavy (non-hydrogen) atoms. The van der Waals surface area contributed by atoms with Crippen molar-refractivity contribution >= 4 is 11.9 Å². The summed E-state index contributed by atoms with van der Waals surface area (Å²) in [7, 11) is 0. The summed E-state index contributed by atoms with van der Waals surface area (Å²) in [5.41, 5.74) is 0.227. The first kappa shape index (κ1) is 16.7. The Balaban J connectivity index is 4.34. The molecule has 0 bridgehead atoms. The Kier molecular flexibility index (Phi) is 5.59. The van der Waals surface area contributed by atoms with E-state index in [1.54, 1.807) is 19.3 Å². The number of hydrogen-bond donors (Lipinski definition) is 2. The molecule has 0 fully saturated rings. The van der Waals surface area contributed by atoms with Crippen molar-refractivity contribution in [1.29, 1.82) is 0 Å². The van der Waals surface area contributed by atoms with Gasteiger partial charge in [0.25, 0.3) is 0 Å². The highest BCUT2D eigenvalue weighted by atomic mass is 19.4. The number of nitrogens with one attached hydrogen (secondary N) is 1. The van der Waals surface area contributed by atoms with Gasteiger partial charge >= 0.3 is 12.1 Å². The van der Waals surface area contributed by atoms with Gasteiger partial charge in [0, 0.05) is 6.42 Å². The molecule has 1 atom stereocenters. The average Bonchev–Trinajstić information content (AvgIpc) is 2.14. The van der Waals surface area contributed by atoms with E-state index in [9.17, 15) is 22.8 Å². The molecule has 0 saturated heterocycles. The number of alkyl halides is 3. The van der Waals surface area contributed by atoms with Gasteiger partial charge in [-0.05, 0) is 12.8 Å². The van der Waals surface area contributed by atoms with Gasteiger partial charge in [0.15, 0.2) is 6.61 Å². The van der Waals surface area contributed by atoms with Gasteiger partial charge in [0.05, 0.1) is 5.41 Å². The predicted molar refractivity (Wildman–Crippen MR) is 55.3 cm³/mol. The number of carboxylic acid groups (broad SMARTS) is 1. The van der Waals surface area contributed by atoms with Gasteiger partial charge in [0.1, 0.15) is 0 Å². The minimum Gasteiger partial charge on any atom is -0.481 e. The molecular weight excluding hydrogens is 255 g/mol. The van der Waals surface area contributed by atoms with Crippen LogP contribution in [-0.4, -0.2) is 29.8 Å². The number of carboxylic acids is 1. The van der Waals surface area contributed by atoms with Crippen LogP contribution in [0.3, 0.4) is 0 Å². The molecule has 0 rings (SSSR count). The second kappa shape index (κ2) is 6.03. The number of carbonyl (C=O) groups excluding carboxylic acids is 1. The van der Waals surface area contributed by atoms with Crippen molar-refractivity contribution in [3.8, 4) is 0 Å². The third kappa shape index (κ3) is 5.35. The molecule has 0 aromatic heterocycles. The number of amides is 1. The zero-order valence-electron chi connectivity index (χ0n) is 10.3. The van der Waals surface area contributed by atoms with Gasteiger partial charge in [-0.25, -0.2) is 5.48 Å². The first-order valence-electron chi connectivity index (χ1n) is 5.20. The van der Waals surface area contributed by atoms with Gasteiger partial charge in [0.2, 0.25) is 5.91 Å². The summed E-state index contributed by atoms with van der Waals surface area (Å²) in [6.45, 7) is 2.95. The summed E-state index contributed by atoms with van der Waals surface area (Å²) in [4.78, 5) is 26.3. The van der Waals surface area contributed by atoms with Crippen molar-refractivity contribution in [1.82, 2.24) is 5.48 Å². The van der Waals surface area contributed by atoms with Crippen LogP contribution >= 0.6 is 0 Å². The minimum atomic E-state index is -4.55. The normalized spacial score (nSPS) is 15.3. The number of halogens is 3. The Labute approximate surface area is 102 Å². The van der Waals surface area contributed by atoms with E-state index in [1.807, 2.05) is 0 Å². The lowest BCUT2D eigenvalue weighted by Crippen LogP contribution is -2.40. The first-order chi connectivity index (χ1) is 7.99. The minimum absolute atomic E-state index is 0.358. The zero-order chi connectivity index (χ0) is 14.6. The van der Waals surface area contributed by atoms with E-state index in [0.29, 0.717) is 0 Å². The lowest BCUT2D eigenvalue weighted by Gasteiger charge is -2.28. The maximum atomic E-state index is 11.7. The largest absolute Gasteiger partial charge is 0.481 e. The summed E-state index contributed by atoms with van der Waals surface area (Å²) in [6.07, 6.45) is -5.01. The van der Waals surface area contributed by atoms with Crippen LogP contribution in [0.5, 0.6) is 0 Å². The number of aliphatic carboxylic acids is 1. The molecule has 106 valence electrons. The molecule has 0 radical (unpaired) electrons. The molecule has 0 aliphatic heterocycles. The van der Waals surface area contributed by atoms with Crippen LogP contribution in [-0.2, 0) is 14.4 Å². The highest BCUT2D eigenvalue weighted by Crippen LogP contribution is 2.31. The number of rotatable bonds is 6. The van der Waals surface area contributed by atoms with Crippen LogP contribution in [0.4, 0.5) is 13.2 Å². The molecule has 0 saturated carbocycles. The second-order valence-corrected chi connectivity index (χ2v) is 4.48. The van der Waals surface area contributed by atoms with E-state index in [1.165, 1.54) is 6.92 Å². The Hall–Kier alpha value is -1.31. The topological polar surface area (TPSA) is 75.6 Å². The molecule has 8 heteroatoms. The van der Waals surface area contributed by atoms with Gasteiger partial charge in [-0.3, -0.25) is 14.4 Å². The van der Waals surface area contributed by atoms with Crippen LogP contribution in [0, 0.1) is 11.3 Å². The monoisotopic (exact) mass is 271 g/mol. The van der Waals surface area contributed by atoms with E-state index in [0.717, 1.165) is 0 Å². The summed E-state index contributed by atoms with van der Waals surface area (Å²) in [6, 6.07) is 0. The highest BCUT2D eigenvalue weighted by molar-refractivity contribution is 5.84. The summed E-state index contributed by atoms with van der Waals surface area (Å²) >= 11 is 0. The van der Waals surface area contributed by atoms with Gasteiger partial charge in [-0.2, -0.15) is 13.2 Å². The first-order valence-corrected chi connectivity index (χ1v) is 5.20. The number of carbonyl (C=O) groups is 2. The lowest BCUT2D eigenvalue weighted by molar-refractivity contribution is -0.193. The highest BCUT2D eigenvalue weighted by Gasteiger charge is 2.39. The molecule has 1 unspecified atom stereocenters. The van der Waals surface area contributed by atoms with E-state index in [2.05, 4.69) is 4.84 Å². The molecule has 2 N–H and O–H groups in total. The van der Waals surface area contributed by atoms with Crippen LogP contribution in [0.2, 0.25) is 0 Å². The van der Waals surface area contributed by atoms with Gasteiger partial charge < -0.3 is 5.11 Å². The standard InChI is InChI=1S/C10H16F3NO4/c1-6(2)9(3,8(16)17)4-7(15)14-18-5-10(11,12)13/h6H,4-5H2,1-3H3,(H,14,15)(H,16,17). The van der Waals surface area contributed by atoms with E-state index in [-0.39, 0.29) is 5.92 Å². The smallest absolute Gasteiger partial charge is 0.414 e. The maximum absolute atomic E-state index is 11.7. The Morgan fingerprint density at radius 1 is 1.33 bits per heavy atom. The van der Waals surface area contributed by atoms with Gasteiger partial charge in [-0.15, -0.1) is 0 Å². The molecule has 0 heterocycles. The van der Waals surface area contributed by atoms with Crippen molar-refractivity contribution in [3.05, 3.63) is 0 Å². The molecule has 0 aromatic rings. The quantitative estimate of drug-likeness (QED) is 0.721. The maximum Gasteiger partial charge on any atom is 0.414 e. The van der Waals surface area contributed by atoms with Crippen molar-refractivity contribution in [2.45, 2.75) is 33.4 Å². The average molecular weight is 271 g/mol. The van der Waals surface area contributed by atoms with Crippen LogP contribution in [0.25, 0.3) is 0 Å². The molecule has 0 spiro atoms. The molecule has 5 nitrogen and oxygen atoms in total. The Morgan fingerprint density at radius 3 is 2.17 bits per heavy atom. The number of hydroxylamine groups is 1. The van der Waals surface area contributed by atoms with Gasteiger partial charge in [-0.1, -0.05) is 13.8 Å². The molecule has 1 amide bonds. The van der Waals surface area contributed by atoms with Crippen molar-refractivity contribution in [2.75, 3.05) is 6.61 Å². The Bertz CT molecular complexity index is 317.